The predicted molar refractivity (Wildman–Crippen MR) is 75.8 cm³/mol. The summed E-state index contributed by atoms with van der Waals surface area (Å²) >= 11 is 1.22. The van der Waals surface area contributed by atoms with Crippen molar-refractivity contribution in [1.29, 1.82) is 0 Å². The molecule has 0 radical (unpaired) electrons. The molecule has 0 fully saturated rings. The third-order valence-electron chi connectivity index (χ3n) is 2.24. The molecule has 18 heavy (non-hydrogen) atoms. The average molecular weight is 310 g/mol. The minimum absolute atomic E-state index is 0.201. The van der Waals surface area contributed by atoms with Crippen molar-refractivity contribution in [1.82, 2.24) is 4.72 Å². The lowest BCUT2D eigenvalue weighted by atomic mass is 10.3. The highest BCUT2D eigenvalue weighted by molar-refractivity contribution is 7.91. The van der Waals surface area contributed by atoms with E-state index in [4.69, 9.17) is 5.73 Å². The van der Waals surface area contributed by atoms with Crippen LogP contribution in [0.5, 0.6) is 0 Å². The molecule has 104 valence electrons. The van der Waals surface area contributed by atoms with Gasteiger partial charge in [0.05, 0.1) is 0 Å². The fraction of sp³-hybridized carbons (Fsp3) is 0.600. The first-order valence-electron chi connectivity index (χ1n) is 5.63. The molecule has 0 amide bonds. The van der Waals surface area contributed by atoms with E-state index < -0.39 is 20.8 Å². The fourth-order valence-corrected chi connectivity index (χ4v) is 4.48. The summed E-state index contributed by atoms with van der Waals surface area (Å²) in [6.07, 6.45) is 0.681. The summed E-state index contributed by atoms with van der Waals surface area (Å²) in [5, 5.41) is 0. The van der Waals surface area contributed by atoms with Crippen LogP contribution in [0.1, 0.15) is 11.8 Å². The van der Waals surface area contributed by atoms with E-state index in [1.807, 2.05) is 6.92 Å². The highest BCUT2D eigenvalue weighted by atomic mass is 32.2. The third-order valence-corrected chi connectivity index (χ3v) is 6.64. The zero-order chi connectivity index (χ0) is 13.6. The van der Waals surface area contributed by atoms with Gasteiger partial charge >= 0.3 is 0 Å². The van der Waals surface area contributed by atoms with Gasteiger partial charge in [0.15, 0.2) is 0 Å². The van der Waals surface area contributed by atoms with Gasteiger partial charge in [-0.05, 0) is 25.1 Å². The van der Waals surface area contributed by atoms with Gasteiger partial charge in [0.25, 0.3) is 0 Å². The van der Waals surface area contributed by atoms with E-state index in [9.17, 15) is 12.6 Å². The first kappa shape index (κ1) is 15.8. The molecule has 0 saturated heterocycles. The molecule has 1 atom stereocenters. The maximum Gasteiger partial charge on any atom is 0.250 e. The Morgan fingerprint density at radius 1 is 1.44 bits per heavy atom. The fourth-order valence-electron chi connectivity index (χ4n) is 1.28. The molecule has 0 aliphatic heterocycles. The summed E-state index contributed by atoms with van der Waals surface area (Å²) in [5.41, 5.74) is 5.42. The first-order valence-corrected chi connectivity index (χ1v) is 9.41. The van der Waals surface area contributed by atoms with Gasteiger partial charge in [0, 0.05) is 33.7 Å². The molecule has 1 unspecified atom stereocenters. The number of hydrogen-bond donors (Lipinski definition) is 2. The molecule has 3 N–H and O–H groups in total. The number of thiophene rings is 1. The molecule has 0 saturated carbocycles. The van der Waals surface area contributed by atoms with Crippen molar-refractivity contribution in [3.05, 3.63) is 17.0 Å². The molecule has 0 aliphatic carbocycles. The van der Waals surface area contributed by atoms with Gasteiger partial charge < -0.3 is 5.73 Å². The Morgan fingerprint density at radius 2 is 2.17 bits per heavy atom. The van der Waals surface area contributed by atoms with Crippen molar-refractivity contribution in [3.63, 3.8) is 0 Å². The van der Waals surface area contributed by atoms with Crippen molar-refractivity contribution >= 4 is 32.2 Å². The van der Waals surface area contributed by atoms with E-state index >= 15 is 0 Å². The molecular formula is C10H18N2O3S3. The van der Waals surface area contributed by atoms with Gasteiger partial charge in [-0.15, -0.1) is 11.3 Å². The Labute approximate surface area is 114 Å². The lowest BCUT2D eigenvalue weighted by Gasteiger charge is -2.03. The molecular weight excluding hydrogens is 292 g/mol. The van der Waals surface area contributed by atoms with Crippen molar-refractivity contribution in [2.75, 3.05) is 24.6 Å². The Bertz CT molecular complexity index is 496. The average Bonchev–Trinajstić information content (AvgIpc) is 2.78. The molecule has 8 heteroatoms. The van der Waals surface area contributed by atoms with Crippen LogP contribution in [0.4, 0.5) is 0 Å². The second-order valence-electron chi connectivity index (χ2n) is 3.59. The van der Waals surface area contributed by atoms with E-state index in [1.165, 1.54) is 11.3 Å². The van der Waals surface area contributed by atoms with Crippen molar-refractivity contribution in [2.45, 2.75) is 17.6 Å². The minimum Gasteiger partial charge on any atom is -0.330 e. The lowest BCUT2D eigenvalue weighted by molar-refractivity contribution is 0.586. The number of nitrogens with one attached hydrogen (secondary N) is 1. The Balaban J connectivity index is 2.59. The predicted octanol–water partition coefficient (Wildman–Crippen LogP) is 0.296. The van der Waals surface area contributed by atoms with Gasteiger partial charge in [-0.25, -0.2) is 13.1 Å². The molecule has 0 bridgehead atoms. The topological polar surface area (TPSA) is 89.3 Å². The zero-order valence-electron chi connectivity index (χ0n) is 10.2. The molecule has 1 rings (SSSR count). The van der Waals surface area contributed by atoms with Crippen LogP contribution < -0.4 is 10.5 Å². The second kappa shape index (κ2) is 7.34. The molecule has 0 spiro atoms. The monoisotopic (exact) mass is 310 g/mol. The van der Waals surface area contributed by atoms with Crippen LogP contribution >= 0.6 is 11.3 Å². The Hall–Kier alpha value is -0.280. The van der Waals surface area contributed by atoms with Gasteiger partial charge in [-0.1, -0.05) is 6.92 Å². The summed E-state index contributed by atoms with van der Waals surface area (Å²) in [6, 6.07) is 3.35. The minimum atomic E-state index is -3.47. The van der Waals surface area contributed by atoms with Gasteiger partial charge in [-0.2, -0.15) is 0 Å². The maximum absolute atomic E-state index is 11.9. The van der Waals surface area contributed by atoms with Crippen LogP contribution in [0.25, 0.3) is 0 Å². The smallest absolute Gasteiger partial charge is 0.250 e. The van der Waals surface area contributed by atoms with Gasteiger partial charge in [0.2, 0.25) is 10.0 Å². The van der Waals surface area contributed by atoms with Crippen LogP contribution in [0, 0.1) is 0 Å². The van der Waals surface area contributed by atoms with Crippen molar-refractivity contribution in [2.24, 2.45) is 5.73 Å². The Kier molecular flexibility index (Phi) is 6.44. The SMILES string of the molecule is CCS(=O)CCNS(=O)(=O)c1ccc(CCN)s1. The lowest BCUT2D eigenvalue weighted by Crippen LogP contribution is -2.27. The highest BCUT2D eigenvalue weighted by Gasteiger charge is 2.16. The van der Waals surface area contributed by atoms with Crippen molar-refractivity contribution in [3.8, 4) is 0 Å². The van der Waals surface area contributed by atoms with Crippen LogP contribution in [0.2, 0.25) is 0 Å². The number of hydrogen-bond acceptors (Lipinski definition) is 5. The van der Waals surface area contributed by atoms with Crippen LogP contribution in [-0.2, 0) is 27.2 Å². The summed E-state index contributed by atoms with van der Waals surface area (Å²) in [5.74, 6) is 0.887. The van der Waals surface area contributed by atoms with Crippen LogP contribution in [0.3, 0.4) is 0 Å². The van der Waals surface area contributed by atoms with E-state index in [-0.39, 0.29) is 10.8 Å². The normalized spacial score (nSPS) is 13.7. The third kappa shape index (κ3) is 4.77. The van der Waals surface area contributed by atoms with E-state index in [1.54, 1.807) is 12.1 Å². The van der Waals surface area contributed by atoms with Crippen LogP contribution in [0.15, 0.2) is 16.3 Å². The summed E-state index contributed by atoms with van der Waals surface area (Å²) in [6.45, 7) is 2.51. The quantitative estimate of drug-likeness (QED) is 0.722. The molecule has 1 aromatic rings. The molecule has 1 aromatic heterocycles. The van der Waals surface area contributed by atoms with E-state index in [0.717, 1.165) is 4.88 Å². The Morgan fingerprint density at radius 3 is 2.78 bits per heavy atom. The van der Waals surface area contributed by atoms with E-state index in [2.05, 4.69) is 4.72 Å². The second-order valence-corrected chi connectivity index (χ2v) is 8.62. The first-order chi connectivity index (χ1) is 8.49. The number of sulfonamides is 1. The number of nitrogens with two attached hydrogens (primary N) is 1. The van der Waals surface area contributed by atoms with Crippen LogP contribution in [-0.4, -0.2) is 37.2 Å². The maximum atomic E-state index is 11.9. The van der Waals surface area contributed by atoms with Gasteiger partial charge in [0.1, 0.15) is 4.21 Å². The number of rotatable bonds is 8. The van der Waals surface area contributed by atoms with Crippen molar-refractivity contribution < 1.29 is 12.6 Å². The zero-order valence-corrected chi connectivity index (χ0v) is 12.7. The molecule has 0 aromatic carbocycles. The summed E-state index contributed by atoms with van der Waals surface area (Å²) < 4.78 is 37.7. The molecule has 1 heterocycles. The summed E-state index contributed by atoms with van der Waals surface area (Å²) in [4.78, 5) is 0.954. The van der Waals surface area contributed by atoms with Gasteiger partial charge in [-0.3, -0.25) is 4.21 Å². The van der Waals surface area contributed by atoms with E-state index in [0.29, 0.717) is 24.5 Å². The molecule has 0 aliphatic rings. The largest absolute Gasteiger partial charge is 0.330 e. The standard InChI is InChI=1S/C10H18N2O3S3/c1-2-17(13)8-7-12-18(14,15)10-4-3-9(16-10)5-6-11/h3-4,12H,2,5-8,11H2,1H3. The molecule has 5 nitrogen and oxygen atoms in total. The highest BCUT2D eigenvalue weighted by Crippen LogP contribution is 2.21. The summed E-state index contributed by atoms with van der Waals surface area (Å²) in [7, 11) is -4.42.